The fourth-order valence-electron chi connectivity index (χ4n) is 3.19. The van der Waals surface area contributed by atoms with E-state index >= 15 is 0 Å². The van der Waals surface area contributed by atoms with Gasteiger partial charge in [0.05, 0.1) is 6.61 Å². The molecule has 6 nitrogen and oxygen atoms in total. The number of benzene rings is 1. The fraction of sp³-hybridized carbons (Fsp3) is 0.455. The number of carbonyl (C=O) groups excluding carboxylic acids is 1. The van der Waals surface area contributed by atoms with Crippen LogP contribution in [0.15, 0.2) is 30.3 Å². The van der Waals surface area contributed by atoms with Crippen LogP contribution < -0.4 is 14.4 Å². The summed E-state index contributed by atoms with van der Waals surface area (Å²) in [5.41, 5.74) is 0.238. The SMILES string of the molecule is CCCCOc1c(N2CCN(C)CC2)nc(F)c(C)c1C(=O)Oc1ccccc1. The molecule has 1 aromatic heterocycles. The Morgan fingerprint density at radius 2 is 1.86 bits per heavy atom. The van der Waals surface area contributed by atoms with Gasteiger partial charge in [0.1, 0.15) is 11.3 Å². The van der Waals surface area contributed by atoms with E-state index in [1.807, 2.05) is 18.0 Å². The first-order valence-corrected chi connectivity index (χ1v) is 10.0. The molecule has 3 rings (SSSR count). The maximum Gasteiger partial charge on any atom is 0.347 e. The van der Waals surface area contributed by atoms with Crippen LogP contribution in [0.4, 0.5) is 10.2 Å². The highest BCUT2D eigenvalue weighted by molar-refractivity contribution is 5.97. The summed E-state index contributed by atoms with van der Waals surface area (Å²) in [4.78, 5) is 21.3. The summed E-state index contributed by atoms with van der Waals surface area (Å²) in [6, 6.07) is 8.75. The van der Waals surface area contributed by atoms with Gasteiger partial charge in [-0.1, -0.05) is 31.5 Å². The van der Waals surface area contributed by atoms with Crippen LogP contribution in [0, 0.1) is 12.9 Å². The number of pyridine rings is 1. The molecule has 0 saturated carbocycles. The molecule has 2 heterocycles. The monoisotopic (exact) mass is 401 g/mol. The Morgan fingerprint density at radius 3 is 2.52 bits per heavy atom. The van der Waals surface area contributed by atoms with Crippen molar-refractivity contribution in [1.29, 1.82) is 0 Å². The van der Waals surface area contributed by atoms with Gasteiger partial charge in [0.2, 0.25) is 5.95 Å². The van der Waals surface area contributed by atoms with E-state index in [1.54, 1.807) is 24.3 Å². The van der Waals surface area contributed by atoms with Gasteiger partial charge < -0.3 is 19.3 Å². The van der Waals surface area contributed by atoms with E-state index < -0.39 is 11.9 Å². The summed E-state index contributed by atoms with van der Waals surface area (Å²) in [6.45, 7) is 7.04. The number of aromatic nitrogens is 1. The van der Waals surface area contributed by atoms with Crippen LogP contribution in [0.25, 0.3) is 0 Å². The number of esters is 1. The Hall–Kier alpha value is -2.67. The van der Waals surface area contributed by atoms with Gasteiger partial charge in [0.15, 0.2) is 11.6 Å². The van der Waals surface area contributed by atoms with Gasteiger partial charge in [-0.2, -0.15) is 9.37 Å². The van der Waals surface area contributed by atoms with Crippen molar-refractivity contribution in [2.75, 3.05) is 44.7 Å². The van der Waals surface area contributed by atoms with E-state index in [4.69, 9.17) is 9.47 Å². The Balaban J connectivity index is 2.00. The molecule has 0 radical (unpaired) electrons. The van der Waals surface area contributed by atoms with Crippen LogP contribution in [-0.4, -0.2) is 55.7 Å². The average molecular weight is 401 g/mol. The number of para-hydroxylation sites is 1. The quantitative estimate of drug-likeness (QED) is 0.305. The second-order valence-corrected chi connectivity index (χ2v) is 7.25. The molecule has 0 amide bonds. The third kappa shape index (κ3) is 5.03. The van der Waals surface area contributed by atoms with E-state index in [-0.39, 0.29) is 11.1 Å². The first kappa shape index (κ1) is 21.0. The predicted molar refractivity (Wildman–Crippen MR) is 110 cm³/mol. The molecule has 0 aliphatic carbocycles. The van der Waals surface area contributed by atoms with Gasteiger partial charge in [0.25, 0.3) is 0 Å². The minimum absolute atomic E-state index is 0.103. The molecule has 156 valence electrons. The summed E-state index contributed by atoms with van der Waals surface area (Å²) in [5, 5.41) is 0. The molecule has 0 atom stereocenters. The smallest absolute Gasteiger partial charge is 0.347 e. The lowest BCUT2D eigenvalue weighted by Gasteiger charge is -2.34. The maximum atomic E-state index is 14.7. The van der Waals surface area contributed by atoms with Crippen molar-refractivity contribution in [3.63, 3.8) is 0 Å². The first-order valence-electron chi connectivity index (χ1n) is 10.0. The number of carbonyl (C=O) groups is 1. The number of hydrogen-bond donors (Lipinski definition) is 0. The number of halogens is 1. The Kier molecular flexibility index (Phi) is 7.04. The van der Waals surface area contributed by atoms with E-state index in [2.05, 4.69) is 16.8 Å². The number of rotatable bonds is 7. The summed E-state index contributed by atoms with van der Waals surface area (Å²) in [7, 11) is 2.04. The highest BCUT2D eigenvalue weighted by Crippen LogP contribution is 2.35. The number of likely N-dealkylation sites (N-methyl/N-ethyl adjacent to an activating group) is 1. The molecule has 1 aliphatic heterocycles. The van der Waals surface area contributed by atoms with Crippen LogP contribution >= 0.6 is 0 Å². The largest absolute Gasteiger partial charge is 0.489 e. The molecule has 0 N–H and O–H groups in total. The van der Waals surface area contributed by atoms with E-state index in [0.29, 0.717) is 37.0 Å². The molecule has 1 saturated heterocycles. The third-order valence-electron chi connectivity index (χ3n) is 5.02. The lowest BCUT2D eigenvalue weighted by atomic mass is 10.1. The molecule has 0 unspecified atom stereocenters. The normalized spacial score (nSPS) is 14.7. The first-order chi connectivity index (χ1) is 14.0. The van der Waals surface area contributed by atoms with Gasteiger partial charge in [-0.3, -0.25) is 0 Å². The summed E-state index contributed by atoms with van der Waals surface area (Å²) in [5.74, 6) is -0.242. The minimum atomic E-state index is -0.679. The van der Waals surface area contributed by atoms with Crippen LogP contribution in [0.1, 0.15) is 35.7 Å². The van der Waals surface area contributed by atoms with Crippen molar-refractivity contribution >= 4 is 11.8 Å². The van der Waals surface area contributed by atoms with Crippen molar-refractivity contribution in [2.24, 2.45) is 0 Å². The Bertz CT molecular complexity index is 837. The molecule has 0 bridgehead atoms. The number of hydrogen-bond acceptors (Lipinski definition) is 6. The van der Waals surface area contributed by atoms with Crippen molar-refractivity contribution in [3.05, 3.63) is 47.4 Å². The zero-order chi connectivity index (χ0) is 20.8. The zero-order valence-corrected chi connectivity index (χ0v) is 17.3. The second-order valence-electron chi connectivity index (χ2n) is 7.25. The minimum Gasteiger partial charge on any atom is -0.489 e. The van der Waals surface area contributed by atoms with Gasteiger partial charge in [-0.15, -0.1) is 0 Å². The standard InChI is InChI=1S/C22H28FN3O3/c1-4-5-15-28-19-18(22(27)29-17-9-7-6-8-10-17)16(2)20(23)24-21(19)26-13-11-25(3)12-14-26/h6-10H,4-5,11-15H2,1-3H3. The van der Waals surface area contributed by atoms with Crippen molar-refractivity contribution in [1.82, 2.24) is 9.88 Å². The fourth-order valence-corrected chi connectivity index (χ4v) is 3.19. The van der Waals surface area contributed by atoms with Gasteiger partial charge in [-0.05, 0) is 32.5 Å². The molecular formula is C22H28FN3O3. The van der Waals surface area contributed by atoms with Crippen molar-refractivity contribution in [3.8, 4) is 11.5 Å². The average Bonchev–Trinajstić information content (AvgIpc) is 2.72. The maximum absolute atomic E-state index is 14.7. The van der Waals surface area contributed by atoms with E-state index in [0.717, 1.165) is 25.9 Å². The van der Waals surface area contributed by atoms with Crippen LogP contribution in [0.3, 0.4) is 0 Å². The molecule has 2 aromatic rings. The zero-order valence-electron chi connectivity index (χ0n) is 17.3. The number of anilines is 1. The summed E-state index contributed by atoms with van der Waals surface area (Å²) >= 11 is 0. The molecule has 7 heteroatoms. The van der Waals surface area contributed by atoms with Crippen molar-refractivity contribution < 1.29 is 18.7 Å². The van der Waals surface area contributed by atoms with E-state index in [1.165, 1.54) is 6.92 Å². The second kappa shape index (κ2) is 9.69. The molecule has 29 heavy (non-hydrogen) atoms. The predicted octanol–water partition coefficient (Wildman–Crippen LogP) is 3.68. The highest BCUT2D eigenvalue weighted by Gasteiger charge is 2.29. The third-order valence-corrected chi connectivity index (χ3v) is 5.02. The molecule has 1 aromatic carbocycles. The molecule has 0 spiro atoms. The molecular weight excluding hydrogens is 373 g/mol. The van der Waals surface area contributed by atoms with Gasteiger partial charge >= 0.3 is 5.97 Å². The number of piperazine rings is 1. The lowest BCUT2D eigenvalue weighted by molar-refractivity contribution is 0.0728. The van der Waals surface area contributed by atoms with Gasteiger partial charge in [-0.25, -0.2) is 4.79 Å². The number of unbranched alkanes of at least 4 members (excludes halogenated alkanes) is 1. The molecule has 1 fully saturated rings. The molecule has 1 aliphatic rings. The topological polar surface area (TPSA) is 54.9 Å². The van der Waals surface area contributed by atoms with Crippen LogP contribution in [0.5, 0.6) is 11.5 Å². The number of ether oxygens (including phenoxy) is 2. The van der Waals surface area contributed by atoms with E-state index in [9.17, 15) is 9.18 Å². The van der Waals surface area contributed by atoms with Crippen LogP contribution in [0.2, 0.25) is 0 Å². The number of nitrogens with zero attached hydrogens (tertiary/aromatic N) is 3. The summed E-state index contributed by atoms with van der Waals surface area (Å²) in [6.07, 6.45) is 1.77. The highest BCUT2D eigenvalue weighted by atomic mass is 19.1. The lowest BCUT2D eigenvalue weighted by Crippen LogP contribution is -2.45. The Labute approximate surface area is 171 Å². The Morgan fingerprint density at radius 1 is 1.17 bits per heavy atom. The van der Waals surface area contributed by atoms with Crippen molar-refractivity contribution in [2.45, 2.75) is 26.7 Å². The summed E-state index contributed by atoms with van der Waals surface area (Å²) < 4.78 is 26.2. The van der Waals surface area contributed by atoms with Gasteiger partial charge in [0, 0.05) is 31.7 Å². The van der Waals surface area contributed by atoms with Crippen LogP contribution in [-0.2, 0) is 0 Å².